The zero-order valence-electron chi connectivity index (χ0n) is 13.8. The van der Waals surface area contributed by atoms with E-state index in [9.17, 15) is 13.5 Å². The molecular weight excluding hydrogens is 475 g/mol. The first-order chi connectivity index (χ1) is 11.4. The Morgan fingerprint density at radius 3 is 2.72 bits per heavy atom. The Bertz CT molecular complexity index is 775. The largest absolute Gasteiger partial charge is 0.386 e. The molecule has 1 aromatic carbocycles. The lowest BCUT2D eigenvalue weighted by atomic mass is 10.2. The van der Waals surface area contributed by atoms with E-state index in [1.807, 2.05) is 37.3 Å². The maximum Gasteiger partial charge on any atom is 0.210 e. The monoisotopic (exact) mass is 498 g/mol. The molecule has 0 spiro atoms. The molecule has 0 fully saturated rings. The fraction of sp³-hybridized carbons (Fsp3) is 0.400. The van der Waals surface area contributed by atoms with Gasteiger partial charge < -0.3 is 15.7 Å². The Morgan fingerprint density at radius 1 is 1.36 bits per heavy atom. The van der Waals surface area contributed by atoms with Crippen LogP contribution in [0.2, 0.25) is 0 Å². The third kappa shape index (κ3) is 7.44. The SMILES string of the molecule is CCNC(=NCC(O)c1cc2ccccc2s1)NCCS(N)(=O)=O.I. The van der Waals surface area contributed by atoms with Crippen molar-refractivity contribution in [3.05, 3.63) is 35.2 Å². The van der Waals surface area contributed by atoms with Crippen LogP contribution in [0.1, 0.15) is 17.9 Å². The Morgan fingerprint density at radius 2 is 2.08 bits per heavy atom. The summed E-state index contributed by atoms with van der Waals surface area (Å²) in [6.45, 7) is 2.86. The van der Waals surface area contributed by atoms with Crippen molar-refractivity contribution in [3.63, 3.8) is 0 Å². The number of nitrogens with one attached hydrogen (secondary N) is 2. The van der Waals surface area contributed by atoms with E-state index >= 15 is 0 Å². The average Bonchev–Trinajstić information content (AvgIpc) is 2.95. The van der Waals surface area contributed by atoms with Crippen molar-refractivity contribution in [1.82, 2.24) is 10.6 Å². The average molecular weight is 498 g/mol. The lowest BCUT2D eigenvalue weighted by molar-refractivity contribution is 0.191. The molecule has 10 heteroatoms. The third-order valence-electron chi connectivity index (χ3n) is 3.22. The van der Waals surface area contributed by atoms with Crippen LogP contribution in [0.5, 0.6) is 0 Å². The molecule has 1 unspecified atom stereocenters. The summed E-state index contributed by atoms with van der Waals surface area (Å²) < 4.78 is 23.0. The highest BCUT2D eigenvalue weighted by Gasteiger charge is 2.11. The molecule has 2 aromatic rings. The third-order valence-corrected chi connectivity index (χ3v) is 5.21. The van der Waals surface area contributed by atoms with E-state index < -0.39 is 16.1 Å². The zero-order valence-corrected chi connectivity index (χ0v) is 17.8. The van der Waals surface area contributed by atoms with E-state index in [4.69, 9.17) is 5.14 Å². The van der Waals surface area contributed by atoms with Crippen molar-refractivity contribution in [2.45, 2.75) is 13.0 Å². The van der Waals surface area contributed by atoms with E-state index in [0.29, 0.717) is 12.5 Å². The molecule has 25 heavy (non-hydrogen) atoms. The fourth-order valence-corrected chi connectivity index (χ4v) is 3.52. The first-order valence-corrected chi connectivity index (χ1v) is 10.1. The molecule has 2 rings (SSSR count). The highest BCUT2D eigenvalue weighted by atomic mass is 127. The van der Waals surface area contributed by atoms with Crippen LogP contribution in [0.25, 0.3) is 10.1 Å². The summed E-state index contributed by atoms with van der Waals surface area (Å²) in [5.74, 6) is 0.261. The smallest absolute Gasteiger partial charge is 0.210 e. The quantitative estimate of drug-likeness (QED) is 0.262. The number of fused-ring (bicyclic) bond motifs is 1. The van der Waals surface area contributed by atoms with Gasteiger partial charge in [-0.1, -0.05) is 18.2 Å². The Kier molecular flexibility index (Phi) is 9.07. The first-order valence-electron chi connectivity index (χ1n) is 7.58. The normalized spacial score (nSPS) is 13.3. The van der Waals surface area contributed by atoms with Crippen LogP contribution in [0.15, 0.2) is 35.3 Å². The van der Waals surface area contributed by atoms with Gasteiger partial charge in [-0.25, -0.2) is 13.6 Å². The molecule has 0 saturated carbocycles. The van der Waals surface area contributed by atoms with Crippen LogP contribution in [-0.2, 0) is 10.0 Å². The van der Waals surface area contributed by atoms with E-state index in [-0.39, 0.29) is 42.8 Å². The van der Waals surface area contributed by atoms with Gasteiger partial charge in [0.2, 0.25) is 10.0 Å². The van der Waals surface area contributed by atoms with Crippen molar-refractivity contribution >= 4 is 61.4 Å². The number of sulfonamides is 1. The van der Waals surface area contributed by atoms with Gasteiger partial charge in [0.05, 0.1) is 12.3 Å². The van der Waals surface area contributed by atoms with Crippen molar-refractivity contribution < 1.29 is 13.5 Å². The summed E-state index contributed by atoms with van der Waals surface area (Å²) in [7, 11) is -3.52. The van der Waals surface area contributed by atoms with Crippen LogP contribution in [-0.4, -0.2) is 44.9 Å². The number of benzene rings is 1. The summed E-state index contributed by atoms with van der Waals surface area (Å²) >= 11 is 1.54. The van der Waals surface area contributed by atoms with Crippen LogP contribution >= 0.6 is 35.3 Å². The summed E-state index contributed by atoms with van der Waals surface area (Å²) in [6, 6.07) is 9.90. The Balaban J connectivity index is 0.00000312. The molecular formula is C15H23IN4O3S2. The van der Waals surface area contributed by atoms with Gasteiger partial charge in [-0.15, -0.1) is 35.3 Å². The predicted octanol–water partition coefficient (Wildman–Crippen LogP) is 1.40. The number of hydrogen-bond acceptors (Lipinski definition) is 5. The van der Waals surface area contributed by atoms with Gasteiger partial charge in [0.25, 0.3) is 0 Å². The molecule has 1 atom stereocenters. The predicted molar refractivity (Wildman–Crippen MR) is 114 cm³/mol. The molecule has 0 bridgehead atoms. The number of halogens is 1. The highest BCUT2D eigenvalue weighted by Crippen LogP contribution is 2.29. The Hall–Kier alpha value is -0.950. The zero-order chi connectivity index (χ0) is 17.6. The molecule has 0 aliphatic heterocycles. The molecule has 0 aliphatic carbocycles. The molecule has 1 aromatic heterocycles. The number of aliphatic hydroxyl groups is 1. The molecule has 140 valence electrons. The standard InChI is InChI=1S/C15H22N4O3S2.HI/c1-2-17-15(18-7-8-24(16,21)22)19-10-12(20)14-9-11-5-3-4-6-13(11)23-14;/h3-6,9,12,20H,2,7-8,10H2,1H3,(H2,16,21,22)(H2,17,18,19);1H. The van der Waals surface area contributed by atoms with Gasteiger partial charge in [0.15, 0.2) is 5.96 Å². The van der Waals surface area contributed by atoms with E-state index in [2.05, 4.69) is 15.6 Å². The van der Waals surface area contributed by atoms with Crippen LogP contribution in [0.3, 0.4) is 0 Å². The van der Waals surface area contributed by atoms with Crippen molar-refractivity contribution in [2.75, 3.05) is 25.4 Å². The minimum Gasteiger partial charge on any atom is -0.386 e. The number of primary sulfonamides is 1. The van der Waals surface area contributed by atoms with Gasteiger partial charge in [-0.3, -0.25) is 4.99 Å². The maximum atomic E-state index is 10.9. The summed E-state index contributed by atoms with van der Waals surface area (Å²) in [5.41, 5.74) is 0. The van der Waals surface area contributed by atoms with Crippen LogP contribution in [0.4, 0.5) is 0 Å². The number of nitrogens with two attached hydrogens (primary N) is 1. The van der Waals surface area contributed by atoms with Crippen LogP contribution in [0, 0.1) is 0 Å². The van der Waals surface area contributed by atoms with Gasteiger partial charge in [-0.05, 0) is 24.4 Å². The minimum absolute atomic E-state index is 0. The van der Waals surface area contributed by atoms with Crippen LogP contribution < -0.4 is 15.8 Å². The number of rotatable bonds is 7. The van der Waals surface area contributed by atoms with Gasteiger partial charge in [0.1, 0.15) is 6.10 Å². The van der Waals surface area contributed by atoms with E-state index in [0.717, 1.165) is 15.0 Å². The maximum absolute atomic E-state index is 10.9. The van der Waals surface area contributed by atoms with Gasteiger partial charge >= 0.3 is 0 Å². The van der Waals surface area contributed by atoms with E-state index in [1.54, 1.807) is 0 Å². The van der Waals surface area contributed by atoms with E-state index in [1.165, 1.54) is 11.3 Å². The second-order valence-corrected chi connectivity index (χ2v) is 8.07. The number of hydrogen-bond donors (Lipinski definition) is 4. The van der Waals surface area contributed by atoms with Gasteiger partial charge in [-0.2, -0.15) is 0 Å². The lowest BCUT2D eigenvalue weighted by Crippen LogP contribution is -2.40. The number of aliphatic hydroxyl groups excluding tert-OH is 1. The highest BCUT2D eigenvalue weighted by molar-refractivity contribution is 14.0. The second-order valence-electron chi connectivity index (χ2n) is 5.22. The number of guanidine groups is 1. The molecule has 0 saturated heterocycles. The molecule has 0 amide bonds. The number of nitrogens with zero attached hydrogens (tertiary/aromatic N) is 1. The minimum atomic E-state index is -3.52. The number of thiophene rings is 1. The molecule has 1 heterocycles. The number of aliphatic imine (C=N–C) groups is 1. The summed E-state index contributed by atoms with van der Waals surface area (Å²) in [5, 5.41) is 22.3. The topological polar surface area (TPSA) is 117 Å². The second kappa shape index (κ2) is 10.3. The first kappa shape index (κ1) is 22.1. The summed E-state index contributed by atoms with van der Waals surface area (Å²) in [4.78, 5) is 5.14. The Labute approximate surface area is 168 Å². The van der Waals surface area contributed by atoms with Crippen molar-refractivity contribution in [1.29, 1.82) is 0 Å². The lowest BCUT2D eigenvalue weighted by Gasteiger charge is -2.12. The summed E-state index contributed by atoms with van der Waals surface area (Å²) in [6.07, 6.45) is -0.712. The van der Waals surface area contributed by atoms with Gasteiger partial charge in [0, 0.05) is 22.7 Å². The molecule has 5 N–H and O–H groups in total. The molecule has 7 nitrogen and oxygen atoms in total. The van der Waals surface area contributed by atoms with Crippen molar-refractivity contribution in [3.8, 4) is 0 Å². The fourth-order valence-electron chi connectivity index (χ4n) is 2.09. The molecule has 0 radical (unpaired) electrons. The van der Waals surface area contributed by atoms with Crippen molar-refractivity contribution in [2.24, 2.45) is 10.1 Å². The molecule has 0 aliphatic rings.